The highest BCUT2D eigenvalue weighted by Crippen LogP contribution is 2.22. The van der Waals surface area contributed by atoms with Gasteiger partial charge >= 0.3 is 5.56 Å². The van der Waals surface area contributed by atoms with Crippen LogP contribution in [0.4, 0.5) is 24.8 Å². The van der Waals surface area contributed by atoms with Crippen molar-refractivity contribution in [2.24, 2.45) is 0 Å². The summed E-state index contributed by atoms with van der Waals surface area (Å²) >= 11 is 0. The molecular formula is C20H18F3N3O2. The molecule has 1 aromatic heterocycles. The minimum Gasteiger partial charge on any atom is -0.490 e. The Bertz CT molecular complexity index is 1070. The first-order chi connectivity index (χ1) is 13.3. The van der Waals surface area contributed by atoms with E-state index < -0.39 is 23.0 Å². The van der Waals surface area contributed by atoms with Crippen molar-refractivity contribution in [3.63, 3.8) is 0 Å². The number of nitrogens with one attached hydrogen (secondary N) is 1. The van der Waals surface area contributed by atoms with E-state index in [4.69, 9.17) is 4.74 Å². The lowest BCUT2D eigenvalue weighted by atomic mass is 10.1. The van der Waals surface area contributed by atoms with Crippen molar-refractivity contribution >= 4 is 11.6 Å². The highest BCUT2D eigenvalue weighted by Gasteiger charge is 2.14. The zero-order chi connectivity index (χ0) is 20.4. The molecule has 0 saturated heterocycles. The van der Waals surface area contributed by atoms with E-state index >= 15 is 0 Å². The molecule has 1 heterocycles. The van der Waals surface area contributed by atoms with Crippen molar-refractivity contribution in [2.45, 2.75) is 20.4 Å². The van der Waals surface area contributed by atoms with Crippen LogP contribution in [0.25, 0.3) is 0 Å². The van der Waals surface area contributed by atoms with Crippen LogP contribution in [0.3, 0.4) is 0 Å². The fourth-order valence-corrected chi connectivity index (χ4v) is 2.72. The molecule has 5 nitrogen and oxygen atoms in total. The fraction of sp³-hybridized carbons (Fsp3) is 0.200. The minimum absolute atomic E-state index is 0.0328. The molecule has 0 aliphatic heterocycles. The van der Waals surface area contributed by atoms with Gasteiger partial charge in [-0.25, -0.2) is 13.2 Å². The first-order valence-electron chi connectivity index (χ1n) is 8.41. The van der Waals surface area contributed by atoms with Gasteiger partial charge in [0.15, 0.2) is 17.5 Å². The molecule has 0 unspecified atom stereocenters. The van der Waals surface area contributed by atoms with Crippen LogP contribution >= 0.6 is 0 Å². The van der Waals surface area contributed by atoms with E-state index in [-0.39, 0.29) is 23.8 Å². The molecule has 3 rings (SSSR count). The summed E-state index contributed by atoms with van der Waals surface area (Å²) in [6.07, 6.45) is 1.38. The van der Waals surface area contributed by atoms with Gasteiger partial charge in [-0.2, -0.15) is 4.98 Å². The van der Waals surface area contributed by atoms with E-state index in [9.17, 15) is 18.0 Å². The zero-order valence-electron chi connectivity index (χ0n) is 15.5. The Labute approximate surface area is 159 Å². The molecule has 0 amide bonds. The second kappa shape index (κ2) is 7.75. The number of benzene rings is 2. The summed E-state index contributed by atoms with van der Waals surface area (Å²) in [5.74, 6) is -3.99. The molecule has 8 heteroatoms. The molecular weight excluding hydrogens is 371 g/mol. The van der Waals surface area contributed by atoms with Crippen molar-refractivity contribution in [3.8, 4) is 5.75 Å². The molecule has 0 fully saturated rings. The van der Waals surface area contributed by atoms with Crippen molar-refractivity contribution in [2.75, 3.05) is 12.4 Å². The molecule has 0 saturated carbocycles. The molecule has 3 aromatic rings. The van der Waals surface area contributed by atoms with Gasteiger partial charge < -0.3 is 14.6 Å². The van der Waals surface area contributed by atoms with Crippen molar-refractivity contribution < 1.29 is 17.9 Å². The van der Waals surface area contributed by atoms with Crippen LogP contribution in [0.1, 0.15) is 16.7 Å². The van der Waals surface area contributed by atoms with Crippen LogP contribution in [-0.4, -0.2) is 16.7 Å². The molecule has 146 valence electrons. The summed E-state index contributed by atoms with van der Waals surface area (Å²) < 4.78 is 46.8. The van der Waals surface area contributed by atoms with E-state index in [1.54, 1.807) is 0 Å². The summed E-state index contributed by atoms with van der Waals surface area (Å²) in [4.78, 5) is 16.1. The van der Waals surface area contributed by atoms with E-state index in [0.29, 0.717) is 0 Å². The first-order valence-corrected chi connectivity index (χ1v) is 8.41. The third kappa shape index (κ3) is 4.00. The normalized spacial score (nSPS) is 10.8. The number of aryl methyl sites for hydroxylation is 2. The predicted molar refractivity (Wildman–Crippen MR) is 99.7 cm³/mol. The summed E-state index contributed by atoms with van der Waals surface area (Å²) in [7, 11) is 1.32. The van der Waals surface area contributed by atoms with Crippen LogP contribution in [0, 0.1) is 31.3 Å². The highest BCUT2D eigenvalue weighted by molar-refractivity contribution is 5.59. The maximum Gasteiger partial charge on any atom is 0.316 e. The van der Waals surface area contributed by atoms with Crippen LogP contribution in [0.2, 0.25) is 0 Å². The van der Waals surface area contributed by atoms with E-state index in [1.807, 2.05) is 32.0 Å². The second-order valence-corrected chi connectivity index (χ2v) is 6.38. The number of rotatable bonds is 5. The van der Waals surface area contributed by atoms with Crippen LogP contribution in [0.15, 0.2) is 41.3 Å². The van der Waals surface area contributed by atoms with Crippen molar-refractivity contribution in [3.05, 3.63) is 81.0 Å². The standard InChI is InChI=1S/C20H18F3N3O2/c1-11-4-5-12(2)16(6-11)24-20-25-19(27)17(28-3)10-26(20)9-13-7-14(21)18(23)15(22)8-13/h4-8,10H,9H2,1-3H3,(H,24,25,27). The SMILES string of the molecule is COc1cn(Cc2cc(F)c(F)c(F)c2)c(Nc2cc(C)ccc2C)nc1=O. The Morgan fingerprint density at radius 2 is 1.79 bits per heavy atom. The number of aromatic nitrogens is 2. The molecule has 0 atom stereocenters. The van der Waals surface area contributed by atoms with Gasteiger partial charge in [-0.05, 0) is 48.7 Å². The Hall–Kier alpha value is -3.29. The molecule has 0 aliphatic rings. The second-order valence-electron chi connectivity index (χ2n) is 6.38. The van der Waals surface area contributed by atoms with Gasteiger partial charge in [0.2, 0.25) is 11.7 Å². The Morgan fingerprint density at radius 3 is 2.43 bits per heavy atom. The molecule has 0 aliphatic carbocycles. The Kier molecular flexibility index (Phi) is 5.39. The third-order valence-electron chi connectivity index (χ3n) is 4.22. The number of nitrogens with zero attached hydrogens (tertiary/aromatic N) is 2. The van der Waals surface area contributed by atoms with Gasteiger partial charge in [-0.15, -0.1) is 0 Å². The molecule has 0 radical (unpaired) electrons. The number of halogens is 3. The smallest absolute Gasteiger partial charge is 0.316 e. The molecule has 1 N–H and O–H groups in total. The van der Waals surface area contributed by atoms with Gasteiger partial charge in [0.05, 0.1) is 19.9 Å². The van der Waals surface area contributed by atoms with E-state index in [2.05, 4.69) is 10.3 Å². The number of methoxy groups -OCH3 is 1. The summed E-state index contributed by atoms with van der Waals surface area (Å²) in [5, 5.41) is 3.07. The monoisotopic (exact) mass is 389 g/mol. The summed E-state index contributed by atoms with van der Waals surface area (Å²) in [6.45, 7) is 3.74. The quantitative estimate of drug-likeness (QED) is 0.668. The topological polar surface area (TPSA) is 56.1 Å². The maximum absolute atomic E-state index is 13.6. The van der Waals surface area contributed by atoms with Crippen molar-refractivity contribution in [1.82, 2.24) is 9.55 Å². The lowest BCUT2D eigenvalue weighted by Crippen LogP contribution is -2.19. The van der Waals surface area contributed by atoms with Gasteiger partial charge in [0.1, 0.15) is 0 Å². The van der Waals surface area contributed by atoms with Gasteiger partial charge in [-0.3, -0.25) is 4.79 Å². The molecule has 28 heavy (non-hydrogen) atoms. The summed E-state index contributed by atoms with van der Waals surface area (Å²) in [5.41, 5.74) is 2.21. The highest BCUT2D eigenvalue weighted by atomic mass is 19.2. The number of ether oxygens (including phenoxy) is 1. The zero-order valence-corrected chi connectivity index (χ0v) is 15.5. The number of hydrogen-bond donors (Lipinski definition) is 1. The lowest BCUT2D eigenvalue weighted by molar-refractivity contribution is 0.402. The van der Waals surface area contributed by atoms with Gasteiger partial charge in [0.25, 0.3) is 0 Å². The van der Waals surface area contributed by atoms with E-state index in [1.165, 1.54) is 17.9 Å². The third-order valence-corrected chi connectivity index (χ3v) is 4.22. The number of hydrogen-bond acceptors (Lipinski definition) is 4. The van der Waals surface area contributed by atoms with E-state index in [0.717, 1.165) is 28.9 Å². The average molecular weight is 389 g/mol. The molecule has 0 bridgehead atoms. The predicted octanol–water partition coefficient (Wildman–Crippen LogP) is 4.08. The maximum atomic E-state index is 13.6. The minimum atomic E-state index is -1.53. The first kappa shape index (κ1) is 19.5. The lowest BCUT2D eigenvalue weighted by Gasteiger charge is -2.17. The van der Waals surface area contributed by atoms with Gasteiger partial charge in [-0.1, -0.05) is 12.1 Å². The molecule has 2 aromatic carbocycles. The van der Waals surface area contributed by atoms with Crippen LogP contribution < -0.4 is 15.6 Å². The fourth-order valence-electron chi connectivity index (χ4n) is 2.72. The average Bonchev–Trinajstić information content (AvgIpc) is 2.64. The largest absolute Gasteiger partial charge is 0.490 e. The van der Waals surface area contributed by atoms with Crippen LogP contribution in [-0.2, 0) is 6.54 Å². The van der Waals surface area contributed by atoms with Gasteiger partial charge in [0, 0.05) is 5.69 Å². The van der Waals surface area contributed by atoms with Crippen molar-refractivity contribution in [1.29, 1.82) is 0 Å². The molecule has 0 spiro atoms. The Balaban J connectivity index is 2.06. The number of anilines is 2. The van der Waals surface area contributed by atoms with Crippen LogP contribution in [0.5, 0.6) is 5.75 Å². The summed E-state index contributed by atoms with van der Waals surface area (Å²) in [6, 6.07) is 7.52. The Morgan fingerprint density at radius 1 is 1.11 bits per heavy atom.